The molecule has 116 valence electrons. The highest BCUT2D eigenvalue weighted by Crippen LogP contribution is 2.20. The summed E-state index contributed by atoms with van der Waals surface area (Å²) >= 11 is 0. The van der Waals surface area contributed by atoms with E-state index in [4.69, 9.17) is 14.7 Å². The quantitative estimate of drug-likeness (QED) is 0.699. The Bertz CT molecular complexity index is 598. The third kappa shape index (κ3) is 4.22. The summed E-state index contributed by atoms with van der Waals surface area (Å²) in [6, 6.07) is 4.28. The first kappa shape index (κ1) is 17.5. The molecule has 0 radical (unpaired) electrons. The largest absolute Gasteiger partial charge is 0.383 e. The van der Waals surface area contributed by atoms with Crippen LogP contribution < -0.4 is 0 Å². The number of nitriles is 1. The van der Waals surface area contributed by atoms with E-state index in [9.17, 15) is 8.42 Å². The van der Waals surface area contributed by atoms with Crippen molar-refractivity contribution in [3.63, 3.8) is 0 Å². The number of hydrogen-bond donors (Lipinski definition) is 0. The molecule has 0 aliphatic heterocycles. The fourth-order valence-corrected chi connectivity index (χ4v) is 3.59. The van der Waals surface area contributed by atoms with Gasteiger partial charge in [-0.05, 0) is 19.1 Å². The Morgan fingerprint density at radius 3 is 2.71 bits per heavy atom. The van der Waals surface area contributed by atoms with E-state index in [1.54, 1.807) is 13.0 Å². The van der Waals surface area contributed by atoms with E-state index in [0.29, 0.717) is 0 Å². The van der Waals surface area contributed by atoms with Gasteiger partial charge in [-0.1, -0.05) is 0 Å². The maximum atomic E-state index is 12.8. The molecule has 7 nitrogen and oxygen atoms in total. The number of aromatic nitrogens is 1. The van der Waals surface area contributed by atoms with Gasteiger partial charge in [-0.3, -0.25) is 0 Å². The number of pyridine rings is 1. The molecule has 21 heavy (non-hydrogen) atoms. The fraction of sp³-hybridized carbons (Fsp3) is 0.538. The van der Waals surface area contributed by atoms with E-state index in [1.807, 2.05) is 0 Å². The van der Waals surface area contributed by atoms with Gasteiger partial charge in [0.2, 0.25) is 10.0 Å². The molecule has 1 unspecified atom stereocenters. The van der Waals surface area contributed by atoms with Gasteiger partial charge in [0.25, 0.3) is 0 Å². The second-order valence-corrected chi connectivity index (χ2v) is 6.23. The molecule has 1 rings (SSSR count). The van der Waals surface area contributed by atoms with Gasteiger partial charge in [-0.25, -0.2) is 13.4 Å². The minimum atomic E-state index is -3.85. The van der Waals surface area contributed by atoms with E-state index < -0.39 is 10.0 Å². The van der Waals surface area contributed by atoms with Crippen LogP contribution in [0.5, 0.6) is 0 Å². The zero-order chi connectivity index (χ0) is 15.9. The molecule has 8 heteroatoms. The molecule has 0 bridgehead atoms. The Balaban J connectivity index is 3.23. The number of ether oxygens (including phenoxy) is 2. The Labute approximate surface area is 125 Å². The highest BCUT2D eigenvalue weighted by atomic mass is 32.2. The molecular formula is C13H19N3O4S. The Kier molecular flexibility index (Phi) is 6.71. The van der Waals surface area contributed by atoms with Gasteiger partial charge < -0.3 is 9.47 Å². The molecule has 1 aromatic rings. The lowest BCUT2D eigenvalue weighted by Gasteiger charge is -2.27. The van der Waals surface area contributed by atoms with Gasteiger partial charge in [0, 0.05) is 33.0 Å². The van der Waals surface area contributed by atoms with Crippen LogP contribution in [0.25, 0.3) is 0 Å². The van der Waals surface area contributed by atoms with Gasteiger partial charge in [-0.2, -0.15) is 9.57 Å². The van der Waals surface area contributed by atoms with Gasteiger partial charge in [0.1, 0.15) is 11.0 Å². The highest BCUT2D eigenvalue weighted by molar-refractivity contribution is 7.89. The van der Waals surface area contributed by atoms with Crippen molar-refractivity contribution in [1.29, 1.82) is 5.26 Å². The standard InChI is InChI=1S/C13H19N3O4S/c1-11(10-20-3)16(7-8-19-2)21(17,18)13-5-4-6-15-12(13)9-14/h4-6,11H,7-8,10H2,1-3H3. The smallest absolute Gasteiger partial charge is 0.246 e. The minimum Gasteiger partial charge on any atom is -0.383 e. The van der Waals surface area contributed by atoms with Crippen molar-refractivity contribution in [3.05, 3.63) is 24.0 Å². The number of methoxy groups -OCH3 is 2. The average molecular weight is 313 g/mol. The summed E-state index contributed by atoms with van der Waals surface area (Å²) < 4.78 is 36.8. The lowest BCUT2D eigenvalue weighted by molar-refractivity contribution is 0.119. The summed E-state index contributed by atoms with van der Waals surface area (Å²) in [5.41, 5.74) is -0.121. The monoisotopic (exact) mass is 313 g/mol. The van der Waals surface area contributed by atoms with Crippen molar-refractivity contribution in [2.24, 2.45) is 0 Å². The van der Waals surface area contributed by atoms with Crippen LogP contribution in [-0.2, 0) is 19.5 Å². The minimum absolute atomic E-state index is 0.105. The van der Waals surface area contributed by atoms with Gasteiger partial charge in [0.15, 0.2) is 5.69 Å². The van der Waals surface area contributed by atoms with Crippen LogP contribution in [0.2, 0.25) is 0 Å². The maximum absolute atomic E-state index is 12.8. The summed E-state index contributed by atoms with van der Waals surface area (Å²) in [5.74, 6) is 0. The maximum Gasteiger partial charge on any atom is 0.246 e. The number of hydrogen-bond acceptors (Lipinski definition) is 6. The first-order valence-corrected chi connectivity index (χ1v) is 7.77. The van der Waals surface area contributed by atoms with E-state index in [0.717, 1.165) is 0 Å². The Morgan fingerprint density at radius 2 is 2.14 bits per heavy atom. The van der Waals surface area contributed by atoms with Crippen LogP contribution in [0.1, 0.15) is 12.6 Å². The van der Waals surface area contributed by atoms with E-state index >= 15 is 0 Å². The van der Waals surface area contributed by atoms with Crippen molar-refractivity contribution in [2.45, 2.75) is 17.9 Å². The molecule has 0 spiro atoms. The summed E-state index contributed by atoms with van der Waals surface area (Å²) in [5, 5.41) is 9.04. The van der Waals surface area contributed by atoms with Crippen LogP contribution >= 0.6 is 0 Å². The molecule has 0 amide bonds. The summed E-state index contributed by atoms with van der Waals surface area (Å²) in [7, 11) is -0.850. The molecule has 0 aliphatic rings. The lowest BCUT2D eigenvalue weighted by Crippen LogP contribution is -2.43. The van der Waals surface area contributed by atoms with Gasteiger partial charge in [0.05, 0.1) is 13.2 Å². The molecule has 0 saturated heterocycles. The van der Waals surface area contributed by atoms with Crippen molar-refractivity contribution >= 4 is 10.0 Å². The zero-order valence-electron chi connectivity index (χ0n) is 12.3. The first-order valence-electron chi connectivity index (χ1n) is 6.33. The molecule has 1 aromatic heterocycles. The lowest BCUT2D eigenvalue weighted by atomic mass is 10.3. The number of rotatable bonds is 8. The van der Waals surface area contributed by atoms with Gasteiger partial charge in [-0.15, -0.1) is 0 Å². The summed E-state index contributed by atoms with van der Waals surface area (Å²) in [4.78, 5) is 3.70. The second-order valence-electron chi connectivity index (χ2n) is 4.37. The molecule has 0 aliphatic carbocycles. The molecule has 1 atom stereocenters. The zero-order valence-corrected chi connectivity index (χ0v) is 13.1. The average Bonchev–Trinajstić information content (AvgIpc) is 2.47. The molecule has 0 saturated carbocycles. The summed E-state index contributed by atoms with van der Waals surface area (Å²) in [6.45, 7) is 2.39. The van der Waals surface area contributed by atoms with Crippen LogP contribution in [-0.4, -0.2) is 57.7 Å². The van der Waals surface area contributed by atoms with Crippen LogP contribution in [0.4, 0.5) is 0 Å². The summed E-state index contributed by atoms with van der Waals surface area (Å²) in [6.07, 6.45) is 1.38. The van der Waals surface area contributed by atoms with E-state index in [-0.39, 0.29) is 36.4 Å². The Hall–Kier alpha value is -1.53. The van der Waals surface area contributed by atoms with E-state index in [2.05, 4.69) is 4.98 Å². The van der Waals surface area contributed by atoms with Crippen LogP contribution in [0.15, 0.2) is 23.2 Å². The molecule has 1 heterocycles. The fourth-order valence-electron chi connectivity index (χ4n) is 1.89. The topological polar surface area (TPSA) is 92.5 Å². The first-order chi connectivity index (χ1) is 9.98. The molecule has 0 N–H and O–H groups in total. The van der Waals surface area contributed by atoms with Crippen molar-refractivity contribution in [2.75, 3.05) is 34.0 Å². The predicted molar refractivity (Wildman–Crippen MR) is 76.1 cm³/mol. The van der Waals surface area contributed by atoms with Crippen LogP contribution in [0.3, 0.4) is 0 Å². The number of sulfonamides is 1. The third-order valence-corrected chi connectivity index (χ3v) is 4.92. The third-order valence-electron chi connectivity index (χ3n) is 2.88. The predicted octanol–water partition coefficient (Wildman–Crippen LogP) is 0.625. The van der Waals surface area contributed by atoms with Crippen molar-refractivity contribution < 1.29 is 17.9 Å². The highest BCUT2D eigenvalue weighted by Gasteiger charge is 2.31. The molecular weight excluding hydrogens is 294 g/mol. The molecule has 0 fully saturated rings. The van der Waals surface area contributed by atoms with Crippen molar-refractivity contribution in [3.8, 4) is 6.07 Å². The second kappa shape index (κ2) is 8.05. The normalized spacial score (nSPS) is 13.1. The Morgan fingerprint density at radius 1 is 1.43 bits per heavy atom. The van der Waals surface area contributed by atoms with Gasteiger partial charge >= 0.3 is 0 Å². The van der Waals surface area contributed by atoms with E-state index in [1.165, 1.54) is 36.9 Å². The van der Waals surface area contributed by atoms with Crippen molar-refractivity contribution in [1.82, 2.24) is 9.29 Å². The van der Waals surface area contributed by atoms with Crippen LogP contribution in [0, 0.1) is 11.3 Å². The SMILES string of the molecule is COCCN(C(C)COC)S(=O)(=O)c1cccnc1C#N. The molecule has 0 aromatic carbocycles. The number of nitrogens with zero attached hydrogens (tertiary/aromatic N) is 3.